The molecule has 2 aromatic rings. The first kappa shape index (κ1) is 16.2. The van der Waals surface area contributed by atoms with E-state index in [9.17, 15) is 4.79 Å². The van der Waals surface area contributed by atoms with Gasteiger partial charge in [-0.15, -0.1) is 11.3 Å². The average Bonchev–Trinajstić information content (AvgIpc) is 2.97. The minimum absolute atomic E-state index is 0.0790. The van der Waals surface area contributed by atoms with Crippen LogP contribution in [-0.4, -0.2) is 37.9 Å². The Bertz CT molecular complexity index is 566. The van der Waals surface area contributed by atoms with Crippen molar-refractivity contribution in [3.05, 3.63) is 57.2 Å². The van der Waals surface area contributed by atoms with E-state index in [0.717, 1.165) is 6.54 Å². The van der Waals surface area contributed by atoms with Crippen molar-refractivity contribution in [2.24, 2.45) is 0 Å². The second kappa shape index (κ2) is 7.71. The molecule has 0 spiro atoms. The van der Waals surface area contributed by atoms with Gasteiger partial charge in [0.05, 0.1) is 12.6 Å². The fourth-order valence-corrected chi connectivity index (χ4v) is 3.13. The summed E-state index contributed by atoms with van der Waals surface area (Å²) in [4.78, 5) is 15.5. The predicted molar refractivity (Wildman–Crippen MR) is 89.4 cm³/mol. The largest absolute Gasteiger partial charge is 0.308 e. The monoisotopic (exact) mass is 322 g/mol. The van der Waals surface area contributed by atoms with Crippen LogP contribution in [0.15, 0.2) is 41.8 Å². The Morgan fingerprint density at radius 1 is 1.29 bits per heavy atom. The van der Waals surface area contributed by atoms with Gasteiger partial charge in [0, 0.05) is 22.0 Å². The number of nitrogens with one attached hydrogen (secondary N) is 1. The molecule has 1 atom stereocenters. The summed E-state index contributed by atoms with van der Waals surface area (Å²) < 4.78 is 0. The van der Waals surface area contributed by atoms with Crippen molar-refractivity contribution in [2.45, 2.75) is 6.04 Å². The summed E-state index contributed by atoms with van der Waals surface area (Å²) in [5, 5.41) is 5.97. The van der Waals surface area contributed by atoms with Gasteiger partial charge in [0.2, 0.25) is 0 Å². The molecular formula is C16H19ClN2OS. The number of benzene rings is 1. The first-order valence-electron chi connectivity index (χ1n) is 6.77. The summed E-state index contributed by atoms with van der Waals surface area (Å²) in [7, 11) is 4.10. The van der Waals surface area contributed by atoms with Crippen molar-refractivity contribution in [2.75, 3.05) is 27.2 Å². The molecule has 2 rings (SSSR count). The summed E-state index contributed by atoms with van der Waals surface area (Å²) in [5.41, 5.74) is 0.685. The Hall–Kier alpha value is -1.20. The molecule has 1 N–H and O–H groups in total. The number of rotatable bonds is 7. The number of likely N-dealkylation sites (N-methyl/N-ethyl adjacent to an activating group) is 1. The highest BCUT2D eigenvalue weighted by Crippen LogP contribution is 2.22. The summed E-state index contributed by atoms with van der Waals surface area (Å²) in [5.74, 6) is 0.0790. The summed E-state index contributed by atoms with van der Waals surface area (Å²) in [6.45, 7) is 1.07. The van der Waals surface area contributed by atoms with Gasteiger partial charge < -0.3 is 10.2 Å². The molecule has 0 saturated heterocycles. The first-order chi connectivity index (χ1) is 10.1. The molecular weight excluding hydrogens is 304 g/mol. The van der Waals surface area contributed by atoms with Gasteiger partial charge in [0.1, 0.15) is 0 Å². The third-order valence-corrected chi connectivity index (χ3v) is 4.51. The van der Waals surface area contributed by atoms with E-state index in [1.165, 1.54) is 4.88 Å². The van der Waals surface area contributed by atoms with Crippen LogP contribution in [-0.2, 0) is 0 Å². The fourth-order valence-electron chi connectivity index (χ4n) is 2.08. The molecule has 0 aliphatic rings. The van der Waals surface area contributed by atoms with E-state index in [1.807, 2.05) is 14.1 Å². The number of hydrogen-bond donors (Lipinski definition) is 1. The van der Waals surface area contributed by atoms with Gasteiger partial charge in [-0.05, 0) is 49.8 Å². The van der Waals surface area contributed by atoms with E-state index < -0.39 is 0 Å². The van der Waals surface area contributed by atoms with E-state index >= 15 is 0 Å². The SMILES string of the molecule is CN(C)C(CNCC(=O)c1ccc(Cl)cc1)c1cccs1. The van der Waals surface area contributed by atoms with Gasteiger partial charge in [-0.3, -0.25) is 4.79 Å². The van der Waals surface area contributed by atoms with Gasteiger partial charge >= 0.3 is 0 Å². The van der Waals surface area contributed by atoms with E-state index in [4.69, 9.17) is 11.6 Å². The Morgan fingerprint density at radius 2 is 2.00 bits per heavy atom. The normalized spacial score (nSPS) is 12.6. The molecule has 1 unspecified atom stereocenters. The van der Waals surface area contributed by atoms with E-state index in [0.29, 0.717) is 17.1 Å². The number of hydrogen-bond acceptors (Lipinski definition) is 4. The molecule has 112 valence electrons. The third kappa shape index (κ3) is 4.64. The maximum Gasteiger partial charge on any atom is 0.176 e. The minimum atomic E-state index is 0.0790. The number of halogens is 1. The fraction of sp³-hybridized carbons (Fsp3) is 0.312. The van der Waals surface area contributed by atoms with Crippen LogP contribution in [0.2, 0.25) is 5.02 Å². The highest BCUT2D eigenvalue weighted by molar-refractivity contribution is 7.10. The van der Waals surface area contributed by atoms with Gasteiger partial charge in [-0.1, -0.05) is 17.7 Å². The average molecular weight is 323 g/mol. The molecule has 0 saturated carbocycles. The van der Waals surface area contributed by atoms with Gasteiger partial charge in [-0.25, -0.2) is 0 Å². The van der Waals surface area contributed by atoms with Crippen molar-refractivity contribution in [1.82, 2.24) is 10.2 Å². The summed E-state index contributed by atoms with van der Waals surface area (Å²) in [6.07, 6.45) is 0. The van der Waals surface area contributed by atoms with Crippen LogP contribution in [0.5, 0.6) is 0 Å². The maximum atomic E-state index is 12.1. The minimum Gasteiger partial charge on any atom is -0.308 e. The second-order valence-corrected chi connectivity index (χ2v) is 6.47. The number of nitrogens with zero attached hydrogens (tertiary/aromatic N) is 1. The zero-order valence-electron chi connectivity index (χ0n) is 12.2. The molecule has 3 nitrogen and oxygen atoms in total. The zero-order chi connectivity index (χ0) is 15.2. The molecule has 0 bridgehead atoms. The van der Waals surface area contributed by atoms with Crippen molar-refractivity contribution in [3.63, 3.8) is 0 Å². The van der Waals surface area contributed by atoms with Crippen LogP contribution in [0, 0.1) is 0 Å². The standard InChI is InChI=1S/C16H19ClN2OS/c1-19(2)14(16-4-3-9-21-16)10-18-11-15(20)12-5-7-13(17)8-6-12/h3-9,14,18H,10-11H2,1-2H3. The number of carbonyl (C=O) groups is 1. The first-order valence-corrected chi connectivity index (χ1v) is 8.03. The van der Waals surface area contributed by atoms with Crippen molar-refractivity contribution >= 4 is 28.7 Å². The zero-order valence-corrected chi connectivity index (χ0v) is 13.7. The molecule has 0 amide bonds. The molecule has 1 aromatic carbocycles. The van der Waals surface area contributed by atoms with E-state index in [-0.39, 0.29) is 11.8 Å². The lowest BCUT2D eigenvalue weighted by molar-refractivity contribution is 0.0988. The molecule has 0 aliphatic carbocycles. The number of Topliss-reactive ketones (excluding diaryl/α,β-unsaturated/α-hetero) is 1. The Balaban J connectivity index is 1.88. The maximum absolute atomic E-state index is 12.1. The van der Waals surface area contributed by atoms with Crippen LogP contribution in [0.4, 0.5) is 0 Å². The lowest BCUT2D eigenvalue weighted by Gasteiger charge is -2.23. The number of thiophene rings is 1. The third-order valence-electron chi connectivity index (χ3n) is 3.28. The topological polar surface area (TPSA) is 32.3 Å². The van der Waals surface area contributed by atoms with Gasteiger partial charge in [-0.2, -0.15) is 0 Å². The number of ketones is 1. The predicted octanol–water partition coefficient (Wildman–Crippen LogP) is 3.48. The molecule has 0 radical (unpaired) electrons. The lowest BCUT2D eigenvalue weighted by atomic mass is 10.1. The van der Waals surface area contributed by atoms with Crippen molar-refractivity contribution in [3.8, 4) is 0 Å². The molecule has 1 aromatic heterocycles. The van der Waals surface area contributed by atoms with Crippen LogP contribution < -0.4 is 5.32 Å². The Morgan fingerprint density at radius 3 is 2.57 bits per heavy atom. The van der Waals surface area contributed by atoms with Crippen molar-refractivity contribution in [1.29, 1.82) is 0 Å². The summed E-state index contributed by atoms with van der Waals surface area (Å²) in [6, 6.07) is 11.5. The van der Waals surface area contributed by atoms with Crippen LogP contribution in [0.1, 0.15) is 21.3 Å². The lowest BCUT2D eigenvalue weighted by Crippen LogP contribution is -2.33. The quantitative estimate of drug-likeness (QED) is 0.792. The Kier molecular flexibility index (Phi) is 5.94. The van der Waals surface area contributed by atoms with Gasteiger partial charge in [0.15, 0.2) is 5.78 Å². The van der Waals surface area contributed by atoms with Crippen LogP contribution in [0.25, 0.3) is 0 Å². The second-order valence-electron chi connectivity index (χ2n) is 5.06. The highest BCUT2D eigenvalue weighted by atomic mass is 35.5. The molecule has 5 heteroatoms. The Labute approximate surface area is 134 Å². The molecule has 1 heterocycles. The van der Waals surface area contributed by atoms with E-state index in [1.54, 1.807) is 35.6 Å². The van der Waals surface area contributed by atoms with Crippen LogP contribution >= 0.6 is 22.9 Å². The molecule has 0 aliphatic heterocycles. The van der Waals surface area contributed by atoms with Gasteiger partial charge in [0.25, 0.3) is 0 Å². The van der Waals surface area contributed by atoms with E-state index in [2.05, 4.69) is 27.7 Å². The molecule has 21 heavy (non-hydrogen) atoms. The number of carbonyl (C=O) groups excluding carboxylic acids is 1. The molecule has 0 fully saturated rings. The smallest absolute Gasteiger partial charge is 0.176 e. The van der Waals surface area contributed by atoms with Crippen LogP contribution in [0.3, 0.4) is 0 Å². The summed E-state index contributed by atoms with van der Waals surface area (Å²) >= 11 is 7.56. The highest BCUT2D eigenvalue weighted by Gasteiger charge is 2.15. The van der Waals surface area contributed by atoms with Crippen molar-refractivity contribution < 1.29 is 4.79 Å².